The summed E-state index contributed by atoms with van der Waals surface area (Å²) in [5.41, 5.74) is 1.84. The van der Waals surface area contributed by atoms with Gasteiger partial charge in [0.2, 0.25) is 0 Å². The number of anilines is 1. The van der Waals surface area contributed by atoms with Gasteiger partial charge in [-0.15, -0.1) is 0 Å². The monoisotopic (exact) mass is 403 g/mol. The van der Waals surface area contributed by atoms with Crippen molar-refractivity contribution in [3.05, 3.63) is 18.1 Å². The summed E-state index contributed by atoms with van der Waals surface area (Å²) in [5.74, 6) is -1.63. The number of nitrogens with zero attached hydrogens (tertiary/aromatic N) is 4. The molecule has 0 spiro atoms. The van der Waals surface area contributed by atoms with E-state index in [1.54, 1.807) is 13.1 Å². The van der Waals surface area contributed by atoms with Crippen LogP contribution in [0, 0.1) is 17.2 Å². The third-order valence-corrected chi connectivity index (χ3v) is 4.98. The van der Waals surface area contributed by atoms with Crippen molar-refractivity contribution in [2.24, 2.45) is 5.92 Å². The summed E-state index contributed by atoms with van der Waals surface area (Å²) >= 11 is 0. The van der Waals surface area contributed by atoms with Gasteiger partial charge in [-0.1, -0.05) is 0 Å². The molecule has 3 rings (SSSR count). The first-order chi connectivity index (χ1) is 13.8. The molecule has 2 aromatic heterocycles. The smallest absolute Gasteiger partial charge is 0.414 e. The third-order valence-electron chi connectivity index (χ3n) is 4.98. The highest BCUT2D eigenvalue weighted by atomic mass is 16.4. The Morgan fingerprint density at radius 3 is 2.41 bits per heavy atom. The molecular weight excluding hydrogens is 378 g/mol. The number of hydrogen-bond donors (Lipinski definition) is 4. The number of nitrogens with one attached hydrogen (secondary N) is 1. The third kappa shape index (κ3) is 5.42. The number of aromatic nitrogens is 3. The maximum absolute atomic E-state index is 10.1. The van der Waals surface area contributed by atoms with Crippen LogP contribution in [0.3, 0.4) is 0 Å². The van der Waals surface area contributed by atoms with Gasteiger partial charge in [-0.3, -0.25) is 0 Å². The molecule has 1 aliphatic carbocycles. The van der Waals surface area contributed by atoms with E-state index in [4.69, 9.17) is 25.1 Å². The van der Waals surface area contributed by atoms with E-state index in [1.165, 1.54) is 0 Å². The van der Waals surface area contributed by atoms with Crippen molar-refractivity contribution >= 4 is 28.8 Å². The largest absolute Gasteiger partial charge is 0.473 e. The zero-order valence-corrected chi connectivity index (χ0v) is 16.4. The van der Waals surface area contributed by atoms with Crippen molar-refractivity contribution < 1.29 is 24.9 Å². The molecule has 1 atom stereocenters. The maximum atomic E-state index is 10.1. The van der Waals surface area contributed by atoms with E-state index in [9.17, 15) is 5.11 Å². The fourth-order valence-corrected chi connectivity index (χ4v) is 3.57. The van der Waals surface area contributed by atoms with Crippen LogP contribution in [0.25, 0.3) is 11.0 Å². The van der Waals surface area contributed by atoms with E-state index in [0.717, 1.165) is 42.5 Å². The molecular formula is C19H25N5O5. The first kappa shape index (κ1) is 22.1. The normalized spacial score (nSPS) is 19.5. The number of carboxylic acid groups (broad SMARTS) is 2. The number of aliphatic hydroxyl groups is 1. The Kier molecular flexibility index (Phi) is 7.50. The Morgan fingerprint density at radius 1 is 1.31 bits per heavy atom. The number of pyridine rings is 1. The molecule has 1 aliphatic rings. The maximum Gasteiger partial charge on any atom is 0.414 e. The molecule has 10 heteroatoms. The highest BCUT2D eigenvalue weighted by Gasteiger charge is 2.27. The van der Waals surface area contributed by atoms with Gasteiger partial charge in [0.05, 0.1) is 17.8 Å². The van der Waals surface area contributed by atoms with E-state index in [1.807, 2.05) is 13.1 Å². The fourth-order valence-electron chi connectivity index (χ4n) is 3.57. The van der Waals surface area contributed by atoms with Crippen LogP contribution < -0.4 is 5.32 Å². The van der Waals surface area contributed by atoms with Gasteiger partial charge in [0, 0.05) is 25.6 Å². The Morgan fingerprint density at radius 2 is 1.93 bits per heavy atom. The number of carboxylic acids is 2. The first-order valence-corrected chi connectivity index (χ1v) is 9.35. The molecule has 0 bridgehead atoms. The van der Waals surface area contributed by atoms with Crippen LogP contribution in [0.1, 0.15) is 57.0 Å². The molecule has 1 saturated carbocycles. The lowest BCUT2D eigenvalue weighted by Gasteiger charge is -2.30. The van der Waals surface area contributed by atoms with Crippen molar-refractivity contribution in [2.75, 3.05) is 12.4 Å². The lowest BCUT2D eigenvalue weighted by Crippen LogP contribution is -2.20. The molecule has 2 aromatic rings. The lowest BCUT2D eigenvalue weighted by molar-refractivity contribution is -0.159. The zero-order chi connectivity index (χ0) is 21.6. The molecule has 0 amide bonds. The highest BCUT2D eigenvalue weighted by Crippen LogP contribution is 2.37. The summed E-state index contributed by atoms with van der Waals surface area (Å²) in [6.45, 7) is 1.76. The fraction of sp³-hybridized carbons (Fsp3) is 0.526. The number of carbonyl (C=O) groups is 2. The second-order valence-corrected chi connectivity index (χ2v) is 6.97. The standard InChI is InChI=1S/C17H23N5O.C2H2O4/c1-11(23)17-21-14-10-20-16(19-2)9-15(14)22(17)13-5-3-12(4-6-13)7-8-18;3-1(4)2(5)6/h9-13,23H,3-7H2,1-2H3,(H,19,20);(H,3,4)(H,5,6)/t11-,12-,13-;/m1./s1. The number of hydrogen-bond acceptors (Lipinski definition) is 7. The average Bonchev–Trinajstić information content (AvgIpc) is 3.08. The quantitative estimate of drug-likeness (QED) is 0.561. The summed E-state index contributed by atoms with van der Waals surface area (Å²) in [6.07, 6.45) is 5.95. The summed E-state index contributed by atoms with van der Waals surface area (Å²) in [5, 5.41) is 36.9. The number of nitriles is 1. The number of aliphatic hydroxyl groups excluding tert-OH is 1. The minimum atomic E-state index is -1.82. The van der Waals surface area contributed by atoms with Gasteiger partial charge < -0.3 is 25.2 Å². The van der Waals surface area contributed by atoms with Crippen molar-refractivity contribution in [1.82, 2.24) is 14.5 Å². The molecule has 0 radical (unpaired) electrons. The van der Waals surface area contributed by atoms with E-state index in [-0.39, 0.29) is 0 Å². The lowest BCUT2D eigenvalue weighted by atomic mass is 9.84. The summed E-state index contributed by atoms with van der Waals surface area (Å²) in [6, 6.07) is 4.61. The minimum Gasteiger partial charge on any atom is -0.473 e. The first-order valence-electron chi connectivity index (χ1n) is 9.35. The predicted molar refractivity (Wildman–Crippen MR) is 104 cm³/mol. The predicted octanol–water partition coefficient (Wildman–Crippen LogP) is 2.33. The highest BCUT2D eigenvalue weighted by molar-refractivity contribution is 6.27. The van der Waals surface area contributed by atoms with E-state index in [2.05, 4.69) is 25.9 Å². The van der Waals surface area contributed by atoms with Gasteiger partial charge in [-0.05, 0) is 38.5 Å². The van der Waals surface area contributed by atoms with Crippen molar-refractivity contribution in [2.45, 2.75) is 51.2 Å². The second kappa shape index (κ2) is 9.84. The van der Waals surface area contributed by atoms with Crippen LogP contribution >= 0.6 is 0 Å². The topological polar surface area (TPSA) is 161 Å². The van der Waals surface area contributed by atoms with Gasteiger partial charge in [0.1, 0.15) is 23.3 Å². The molecule has 29 heavy (non-hydrogen) atoms. The Bertz CT molecular complexity index is 898. The van der Waals surface area contributed by atoms with Crippen molar-refractivity contribution in [3.63, 3.8) is 0 Å². The molecule has 0 aliphatic heterocycles. The molecule has 0 saturated heterocycles. The van der Waals surface area contributed by atoms with E-state index in [0.29, 0.717) is 24.2 Å². The number of rotatable bonds is 4. The second-order valence-electron chi connectivity index (χ2n) is 6.97. The van der Waals surface area contributed by atoms with Crippen molar-refractivity contribution in [3.8, 4) is 6.07 Å². The van der Waals surface area contributed by atoms with Gasteiger partial charge in [-0.25, -0.2) is 19.6 Å². The van der Waals surface area contributed by atoms with Crippen LogP contribution in [0.15, 0.2) is 12.3 Å². The average molecular weight is 403 g/mol. The SMILES string of the molecule is CNc1cc2c(cn1)nc([C@@H](C)O)n2[C@H]1CC[C@H](CC#N)CC1.O=C(O)C(=O)O. The number of fused-ring (bicyclic) bond motifs is 1. The number of imidazole rings is 1. The van der Waals surface area contributed by atoms with Crippen LogP contribution in [0.4, 0.5) is 5.82 Å². The summed E-state index contributed by atoms with van der Waals surface area (Å²) in [7, 11) is 1.84. The zero-order valence-electron chi connectivity index (χ0n) is 16.4. The van der Waals surface area contributed by atoms with Gasteiger partial charge >= 0.3 is 11.9 Å². The van der Waals surface area contributed by atoms with Gasteiger partial charge in [0.15, 0.2) is 0 Å². The molecule has 156 valence electrons. The molecule has 1 fully saturated rings. The molecule has 0 unspecified atom stereocenters. The van der Waals surface area contributed by atoms with Gasteiger partial charge in [-0.2, -0.15) is 5.26 Å². The van der Waals surface area contributed by atoms with Crippen LogP contribution in [-0.2, 0) is 9.59 Å². The van der Waals surface area contributed by atoms with Crippen molar-refractivity contribution in [1.29, 1.82) is 5.26 Å². The van der Waals surface area contributed by atoms with Crippen LogP contribution in [-0.4, -0.2) is 48.8 Å². The molecule has 0 aromatic carbocycles. The Balaban J connectivity index is 0.000000438. The minimum absolute atomic E-state index is 0.326. The number of aliphatic carboxylic acids is 2. The summed E-state index contributed by atoms with van der Waals surface area (Å²) in [4.78, 5) is 27.1. The van der Waals surface area contributed by atoms with E-state index >= 15 is 0 Å². The van der Waals surface area contributed by atoms with Crippen LogP contribution in [0.2, 0.25) is 0 Å². The Labute approximate surface area is 167 Å². The van der Waals surface area contributed by atoms with Gasteiger partial charge in [0.25, 0.3) is 0 Å². The summed E-state index contributed by atoms with van der Waals surface area (Å²) < 4.78 is 2.19. The van der Waals surface area contributed by atoms with E-state index < -0.39 is 18.0 Å². The molecule has 2 heterocycles. The van der Waals surface area contributed by atoms with Crippen LogP contribution in [0.5, 0.6) is 0 Å². The molecule has 4 N–H and O–H groups in total. The Hall–Kier alpha value is -3.19. The molecule has 10 nitrogen and oxygen atoms in total.